The van der Waals surface area contributed by atoms with Gasteiger partial charge in [-0.2, -0.15) is 13.2 Å². The summed E-state index contributed by atoms with van der Waals surface area (Å²) >= 11 is 0. The minimum atomic E-state index is -4.53. The van der Waals surface area contributed by atoms with E-state index in [-0.39, 0.29) is 41.3 Å². The first-order valence-corrected chi connectivity index (χ1v) is 13.4. The van der Waals surface area contributed by atoms with Crippen molar-refractivity contribution in [1.29, 1.82) is 0 Å². The van der Waals surface area contributed by atoms with Gasteiger partial charge in [0.15, 0.2) is 0 Å². The lowest BCUT2D eigenvalue weighted by Gasteiger charge is -2.51. The molecule has 3 atom stereocenters. The molecule has 3 unspecified atom stereocenters. The number of hydrogen-bond donors (Lipinski definition) is 1. The summed E-state index contributed by atoms with van der Waals surface area (Å²) in [6, 6.07) is 8.81. The standard InChI is InChI=1S/C29H36F3NO3/c1-17-6-11-24(12-7-17)36-26-13-10-19-8-9-20(16-25(19)27(26)29(30,31)32)18(2)33-22-4-3-5-23(33)15-21(14-22)28(34)35/h8-10,13,16-18,21-24H,3-7,11-12,14-15H2,1-2H3,(H,34,35)/t17-,18?,21?,22?,23?,24+. The number of ether oxygens (including phenoxy) is 1. The molecule has 1 N–H and O–H groups in total. The molecule has 0 spiro atoms. The molecule has 1 aliphatic carbocycles. The number of carboxylic acid groups (broad SMARTS) is 1. The van der Waals surface area contributed by atoms with Crippen LogP contribution in [0.1, 0.15) is 88.8 Å². The summed E-state index contributed by atoms with van der Waals surface area (Å²) in [6.45, 7) is 4.22. The predicted molar refractivity (Wildman–Crippen MR) is 133 cm³/mol. The SMILES string of the molecule is CC(c1ccc2ccc(O[C@H]3CC[C@@H](C)CC3)c(C(F)(F)F)c2c1)N1C2CCCC1CC(C(=O)O)C2. The number of piperidine rings is 2. The van der Waals surface area contributed by atoms with Crippen molar-refractivity contribution in [3.8, 4) is 5.75 Å². The van der Waals surface area contributed by atoms with Crippen molar-refractivity contribution in [2.75, 3.05) is 0 Å². The van der Waals surface area contributed by atoms with Crippen LogP contribution in [-0.4, -0.2) is 34.2 Å². The summed E-state index contributed by atoms with van der Waals surface area (Å²) in [5.41, 5.74) is 0.153. The Morgan fingerprint density at radius 2 is 1.67 bits per heavy atom. The van der Waals surface area contributed by atoms with E-state index < -0.39 is 17.7 Å². The minimum Gasteiger partial charge on any atom is -0.490 e. The second kappa shape index (κ2) is 9.88. The van der Waals surface area contributed by atoms with Gasteiger partial charge in [-0.3, -0.25) is 9.69 Å². The highest BCUT2D eigenvalue weighted by molar-refractivity contribution is 5.89. The largest absolute Gasteiger partial charge is 0.490 e. The molecule has 2 aromatic rings. The highest BCUT2D eigenvalue weighted by Crippen LogP contribution is 2.45. The van der Waals surface area contributed by atoms with Crippen molar-refractivity contribution in [3.63, 3.8) is 0 Å². The molecule has 2 bridgehead atoms. The van der Waals surface area contributed by atoms with Crippen LogP contribution in [0.3, 0.4) is 0 Å². The van der Waals surface area contributed by atoms with E-state index in [0.29, 0.717) is 24.1 Å². The first kappa shape index (κ1) is 25.4. The molecule has 0 amide bonds. The smallest absolute Gasteiger partial charge is 0.420 e. The van der Waals surface area contributed by atoms with Gasteiger partial charge in [-0.1, -0.05) is 31.5 Å². The number of hydrogen-bond acceptors (Lipinski definition) is 3. The van der Waals surface area contributed by atoms with Crippen LogP contribution in [0, 0.1) is 11.8 Å². The fraction of sp³-hybridized carbons (Fsp3) is 0.621. The molecule has 3 fully saturated rings. The Kier molecular flexibility index (Phi) is 6.96. The molecule has 2 aromatic carbocycles. The molecule has 0 aromatic heterocycles. The van der Waals surface area contributed by atoms with E-state index in [9.17, 15) is 23.1 Å². The number of aliphatic carboxylic acids is 1. The lowest BCUT2D eigenvalue weighted by molar-refractivity contribution is -0.147. The van der Waals surface area contributed by atoms with Gasteiger partial charge in [-0.15, -0.1) is 0 Å². The number of nitrogens with zero attached hydrogens (tertiary/aromatic N) is 1. The zero-order chi connectivity index (χ0) is 25.6. The third-order valence-corrected chi connectivity index (χ3v) is 8.86. The highest BCUT2D eigenvalue weighted by Gasteiger charge is 2.43. The van der Waals surface area contributed by atoms with Crippen molar-refractivity contribution in [2.24, 2.45) is 11.8 Å². The molecule has 3 aliphatic rings. The van der Waals surface area contributed by atoms with E-state index in [1.165, 1.54) is 6.07 Å². The summed E-state index contributed by atoms with van der Waals surface area (Å²) in [5.74, 6) is -0.550. The maximum atomic E-state index is 14.4. The van der Waals surface area contributed by atoms with Crippen LogP contribution in [0.2, 0.25) is 0 Å². The Balaban J connectivity index is 1.48. The average molecular weight is 504 g/mol. The molecule has 5 rings (SSSR count). The van der Waals surface area contributed by atoms with Gasteiger partial charge in [0.2, 0.25) is 0 Å². The van der Waals surface area contributed by atoms with Crippen molar-refractivity contribution in [3.05, 3.63) is 41.5 Å². The molecule has 196 valence electrons. The van der Waals surface area contributed by atoms with Crippen LogP contribution in [0.4, 0.5) is 13.2 Å². The van der Waals surface area contributed by atoms with Gasteiger partial charge >= 0.3 is 12.1 Å². The molecule has 4 nitrogen and oxygen atoms in total. The van der Waals surface area contributed by atoms with Crippen LogP contribution in [-0.2, 0) is 11.0 Å². The van der Waals surface area contributed by atoms with Gasteiger partial charge in [-0.25, -0.2) is 0 Å². The fourth-order valence-corrected chi connectivity index (χ4v) is 6.92. The first-order valence-electron chi connectivity index (χ1n) is 13.4. The maximum Gasteiger partial charge on any atom is 0.420 e. The van der Waals surface area contributed by atoms with E-state index >= 15 is 0 Å². The monoisotopic (exact) mass is 503 g/mol. The minimum absolute atomic E-state index is 0.0708. The second-order valence-electron chi connectivity index (χ2n) is 11.3. The van der Waals surface area contributed by atoms with Crippen molar-refractivity contribution >= 4 is 16.7 Å². The highest BCUT2D eigenvalue weighted by atomic mass is 19.4. The predicted octanol–water partition coefficient (Wildman–Crippen LogP) is 7.59. The van der Waals surface area contributed by atoms with E-state index in [1.54, 1.807) is 18.2 Å². The molecule has 2 saturated heterocycles. The quantitative estimate of drug-likeness (QED) is 0.457. The summed E-state index contributed by atoms with van der Waals surface area (Å²) in [6.07, 6.45) is 2.95. The third kappa shape index (κ3) is 4.96. The van der Waals surface area contributed by atoms with E-state index in [1.807, 2.05) is 13.0 Å². The van der Waals surface area contributed by atoms with Crippen LogP contribution in [0.15, 0.2) is 30.3 Å². The third-order valence-electron chi connectivity index (χ3n) is 8.86. The number of rotatable bonds is 5. The first-order chi connectivity index (χ1) is 17.1. The molecule has 7 heteroatoms. The normalized spacial score (nSPS) is 30.2. The van der Waals surface area contributed by atoms with Gasteiger partial charge in [0, 0.05) is 18.1 Å². The van der Waals surface area contributed by atoms with Crippen LogP contribution < -0.4 is 4.74 Å². The summed E-state index contributed by atoms with van der Waals surface area (Å²) < 4.78 is 49.3. The van der Waals surface area contributed by atoms with Gasteiger partial charge in [0.1, 0.15) is 11.3 Å². The summed E-state index contributed by atoms with van der Waals surface area (Å²) in [4.78, 5) is 14.0. The molecular weight excluding hydrogens is 467 g/mol. The zero-order valence-electron chi connectivity index (χ0n) is 21.1. The molecule has 36 heavy (non-hydrogen) atoms. The van der Waals surface area contributed by atoms with Gasteiger partial charge in [0.05, 0.1) is 12.0 Å². The molecular formula is C29H36F3NO3. The number of alkyl halides is 3. The van der Waals surface area contributed by atoms with Crippen molar-refractivity contribution in [2.45, 2.75) is 102 Å². The lowest BCUT2D eigenvalue weighted by atomic mass is 9.77. The number of carboxylic acids is 1. The van der Waals surface area contributed by atoms with Gasteiger partial charge in [0.25, 0.3) is 0 Å². The topological polar surface area (TPSA) is 49.8 Å². The Morgan fingerprint density at radius 1 is 1.03 bits per heavy atom. The van der Waals surface area contributed by atoms with Gasteiger partial charge in [-0.05, 0) is 92.7 Å². The van der Waals surface area contributed by atoms with Crippen molar-refractivity contribution in [1.82, 2.24) is 4.90 Å². The van der Waals surface area contributed by atoms with E-state index in [0.717, 1.165) is 50.5 Å². The molecule has 0 radical (unpaired) electrons. The number of halogens is 3. The van der Waals surface area contributed by atoms with Crippen LogP contribution in [0.25, 0.3) is 10.8 Å². The van der Waals surface area contributed by atoms with Crippen LogP contribution >= 0.6 is 0 Å². The zero-order valence-corrected chi connectivity index (χ0v) is 21.1. The van der Waals surface area contributed by atoms with Gasteiger partial charge < -0.3 is 9.84 Å². The average Bonchev–Trinajstić information content (AvgIpc) is 2.82. The summed E-state index contributed by atoms with van der Waals surface area (Å²) in [7, 11) is 0. The molecule has 1 saturated carbocycles. The molecule has 2 heterocycles. The fourth-order valence-electron chi connectivity index (χ4n) is 6.92. The molecule has 2 aliphatic heterocycles. The summed E-state index contributed by atoms with van der Waals surface area (Å²) in [5, 5.41) is 10.3. The van der Waals surface area contributed by atoms with E-state index in [2.05, 4.69) is 11.8 Å². The number of fused-ring (bicyclic) bond motifs is 3. The Labute approximate surface area is 210 Å². The second-order valence-corrected chi connectivity index (χ2v) is 11.3. The maximum absolute atomic E-state index is 14.4. The van der Waals surface area contributed by atoms with Crippen molar-refractivity contribution < 1.29 is 27.8 Å². The van der Waals surface area contributed by atoms with E-state index in [4.69, 9.17) is 4.74 Å². The Hall–Kier alpha value is -2.28. The Morgan fingerprint density at radius 3 is 2.28 bits per heavy atom. The lowest BCUT2D eigenvalue weighted by Crippen LogP contribution is -2.53. The Bertz CT molecular complexity index is 1090. The number of benzene rings is 2. The van der Waals surface area contributed by atoms with Crippen LogP contribution in [0.5, 0.6) is 5.75 Å². The number of carbonyl (C=O) groups is 1.